The summed E-state index contributed by atoms with van der Waals surface area (Å²) in [6, 6.07) is 0. The summed E-state index contributed by atoms with van der Waals surface area (Å²) < 4.78 is 24.6. The molecule has 18 heavy (non-hydrogen) atoms. The second-order valence-corrected chi connectivity index (χ2v) is 7.68. The van der Waals surface area contributed by atoms with Gasteiger partial charge in [-0.1, -0.05) is 20.3 Å². The first kappa shape index (κ1) is 15.9. The number of rotatable bonds is 6. The molecule has 3 unspecified atom stereocenters. The number of sulfonamides is 1. The van der Waals surface area contributed by atoms with Crippen LogP contribution in [0.5, 0.6) is 0 Å². The Hall–Kier alpha value is -0.130. The third kappa shape index (κ3) is 4.86. The largest absolute Gasteiger partial charge is 0.393 e. The highest BCUT2D eigenvalue weighted by Crippen LogP contribution is 2.25. The summed E-state index contributed by atoms with van der Waals surface area (Å²) >= 11 is 0. The van der Waals surface area contributed by atoms with E-state index in [1.807, 2.05) is 0 Å². The van der Waals surface area contributed by atoms with Crippen molar-refractivity contribution in [1.82, 2.24) is 4.31 Å². The molecular weight excluding hydrogens is 250 g/mol. The molecule has 1 N–H and O–H groups in total. The number of aliphatic hydroxyl groups excluding tert-OH is 1. The minimum absolute atomic E-state index is 0.297. The fourth-order valence-electron chi connectivity index (χ4n) is 2.74. The van der Waals surface area contributed by atoms with Crippen LogP contribution in [-0.2, 0) is 10.0 Å². The van der Waals surface area contributed by atoms with Gasteiger partial charge < -0.3 is 5.11 Å². The topological polar surface area (TPSA) is 57.6 Å². The molecule has 1 heterocycles. The van der Waals surface area contributed by atoms with Gasteiger partial charge >= 0.3 is 0 Å². The Morgan fingerprint density at radius 3 is 2.67 bits per heavy atom. The quantitative estimate of drug-likeness (QED) is 0.806. The second-order valence-electron chi connectivity index (χ2n) is 5.70. The molecule has 0 saturated carbocycles. The summed E-state index contributed by atoms with van der Waals surface area (Å²) in [5.41, 5.74) is 0. The van der Waals surface area contributed by atoms with Crippen LogP contribution in [0.1, 0.15) is 46.0 Å². The molecule has 1 saturated heterocycles. The molecule has 0 aromatic heterocycles. The SMILES string of the molecule is CCCC(C)C(O)CC1CCCN(S(C)(=O)=O)C1. The highest BCUT2D eigenvalue weighted by Gasteiger charge is 2.28. The Labute approximate surface area is 111 Å². The van der Waals surface area contributed by atoms with E-state index < -0.39 is 10.0 Å². The first-order chi connectivity index (χ1) is 8.34. The summed E-state index contributed by atoms with van der Waals surface area (Å²) in [5, 5.41) is 10.1. The molecule has 0 spiro atoms. The summed E-state index contributed by atoms with van der Waals surface area (Å²) in [6.45, 7) is 5.41. The lowest BCUT2D eigenvalue weighted by atomic mass is 9.87. The first-order valence-corrected chi connectivity index (χ1v) is 8.82. The Morgan fingerprint density at radius 1 is 1.44 bits per heavy atom. The Morgan fingerprint density at radius 2 is 2.11 bits per heavy atom. The van der Waals surface area contributed by atoms with Crippen molar-refractivity contribution in [2.75, 3.05) is 19.3 Å². The number of nitrogens with zero attached hydrogens (tertiary/aromatic N) is 1. The highest BCUT2D eigenvalue weighted by atomic mass is 32.2. The first-order valence-electron chi connectivity index (χ1n) is 6.97. The van der Waals surface area contributed by atoms with Crippen molar-refractivity contribution in [3.8, 4) is 0 Å². The van der Waals surface area contributed by atoms with Gasteiger partial charge in [0.1, 0.15) is 0 Å². The average molecular weight is 277 g/mol. The van der Waals surface area contributed by atoms with Crippen LogP contribution in [0.3, 0.4) is 0 Å². The molecule has 1 rings (SSSR count). The van der Waals surface area contributed by atoms with Crippen LogP contribution >= 0.6 is 0 Å². The second kappa shape index (κ2) is 6.87. The van der Waals surface area contributed by atoms with E-state index in [0.717, 1.165) is 32.1 Å². The van der Waals surface area contributed by atoms with Gasteiger partial charge in [-0.2, -0.15) is 0 Å². The van der Waals surface area contributed by atoms with Crippen molar-refractivity contribution in [2.24, 2.45) is 11.8 Å². The van der Waals surface area contributed by atoms with Gasteiger partial charge in [0.05, 0.1) is 12.4 Å². The summed E-state index contributed by atoms with van der Waals surface area (Å²) in [6.07, 6.45) is 5.75. The van der Waals surface area contributed by atoms with Gasteiger partial charge in [0.2, 0.25) is 10.0 Å². The molecule has 0 radical (unpaired) electrons. The van der Waals surface area contributed by atoms with Crippen LogP contribution in [-0.4, -0.2) is 43.3 Å². The van der Waals surface area contributed by atoms with E-state index in [9.17, 15) is 13.5 Å². The van der Waals surface area contributed by atoms with Gasteiger partial charge in [-0.3, -0.25) is 0 Å². The summed E-state index contributed by atoms with van der Waals surface area (Å²) in [7, 11) is -3.07. The van der Waals surface area contributed by atoms with Crippen molar-refractivity contribution in [1.29, 1.82) is 0 Å². The lowest BCUT2D eigenvalue weighted by Gasteiger charge is -2.33. The lowest BCUT2D eigenvalue weighted by molar-refractivity contribution is 0.0732. The van der Waals surface area contributed by atoms with Gasteiger partial charge in [-0.25, -0.2) is 12.7 Å². The summed E-state index contributed by atoms with van der Waals surface area (Å²) in [5.74, 6) is 0.617. The zero-order valence-corrected chi connectivity index (χ0v) is 12.6. The van der Waals surface area contributed by atoms with Crippen molar-refractivity contribution in [3.63, 3.8) is 0 Å². The molecule has 0 aromatic rings. The van der Waals surface area contributed by atoms with Crippen LogP contribution in [0.2, 0.25) is 0 Å². The third-order valence-electron chi connectivity index (χ3n) is 3.93. The number of piperidine rings is 1. The van der Waals surface area contributed by atoms with Crippen LogP contribution in [0.25, 0.3) is 0 Å². The number of hydrogen-bond donors (Lipinski definition) is 1. The van der Waals surface area contributed by atoms with Crippen molar-refractivity contribution < 1.29 is 13.5 Å². The molecule has 0 bridgehead atoms. The Bertz CT molecular complexity index is 342. The molecule has 4 nitrogen and oxygen atoms in total. The molecule has 108 valence electrons. The average Bonchev–Trinajstić information content (AvgIpc) is 2.28. The maximum atomic E-state index is 11.5. The molecule has 0 aliphatic carbocycles. The standard InChI is InChI=1S/C13H27NO3S/c1-4-6-11(2)13(15)9-12-7-5-8-14(10-12)18(3,16)17/h11-13,15H,4-10H2,1-3H3. The normalized spacial score (nSPS) is 25.9. The molecule has 0 aromatic carbocycles. The molecule has 1 aliphatic heterocycles. The molecule has 3 atom stereocenters. The molecule has 0 amide bonds. The Kier molecular flexibility index (Phi) is 6.08. The van der Waals surface area contributed by atoms with Gasteiger partial charge in [-0.05, 0) is 37.5 Å². The maximum Gasteiger partial charge on any atom is 0.211 e. The zero-order valence-electron chi connectivity index (χ0n) is 11.8. The van der Waals surface area contributed by atoms with Crippen LogP contribution in [0.4, 0.5) is 0 Å². The minimum atomic E-state index is -3.07. The van der Waals surface area contributed by atoms with E-state index >= 15 is 0 Å². The molecule has 1 aliphatic rings. The monoisotopic (exact) mass is 277 g/mol. The van der Waals surface area contributed by atoms with Gasteiger partial charge in [0.25, 0.3) is 0 Å². The van der Waals surface area contributed by atoms with Gasteiger partial charge in [0.15, 0.2) is 0 Å². The van der Waals surface area contributed by atoms with Crippen molar-refractivity contribution in [2.45, 2.75) is 52.1 Å². The minimum Gasteiger partial charge on any atom is -0.393 e. The molecule has 5 heteroatoms. The Balaban J connectivity index is 2.47. The van der Waals surface area contributed by atoms with Crippen molar-refractivity contribution in [3.05, 3.63) is 0 Å². The predicted octanol–water partition coefficient (Wildman–Crippen LogP) is 1.85. The lowest BCUT2D eigenvalue weighted by Crippen LogP contribution is -2.40. The smallest absolute Gasteiger partial charge is 0.211 e. The van der Waals surface area contributed by atoms with Crippen LogP contribution in [0.15, 0.2) is 0 Å². The van der Waals surface area contributed by atoms with E-state index in [0.29, 0.717) is 24.9 Å². The number of aliphatic hydroxyl groups is 1. The van der Waals surface area contributed by atoms with Gasteiger partial charge in [-0.15, -0.1) is 0 Å². The fraction of sp³-hybridized carbons (Fsp3) is 1.00. The van der Waals surface area contributed by atoms with Crippen LogP contribution in [0, 0.1) is 11.8 Å². The van der Waals surface area contributed by atoms with E-state index in [1.165, 1.54) is 6.26 Å². The maximum absolute atomic E-state index is 11.5. The molecule has 1 fully saturated rings. The van der Waals surface area contributed by atoms with Crippen LogP contribution < -0.4 is 0 Å². The zero-order chi connectivity index (χ0) is 13.8. The molecular formula is C13H27NO3S. The van der Waals surface area contributed by atoms with E-state index in [1.54, 1.807) is 4.31 Å². The number of hydrogen-bond acceptors (Lipinski definition) is 3. The highest BCUT2D eigenvalue weighted by molar-refractivity contribution is 7.88. The van der Waals surface area contributed by atoms with E-state index in [4.69, 9.17) is 0 Å². The van der Waals surface area contributed by atoms with E-state index in [-0.39, 0.29) is 6.10 Å². The van der Waals surface area contributed by atoms with E-state index in [2.05, 4.69) is 13.8 Å². The summed E-state index contributed by atoms with van der Waals surface area (Å²) in [4.78, 5) is 0. The third-order valence-corrected chi connectivity index (χ3v) is 5.20. The predicted molar refractivity (Wildman–Crippen MR) is 73.8 cm³/mol. The fourth-order valence-corrected chi connectivity index (χ4v) is 3.68. The van der Waals surface area contributed by atoms with Crippen molar-refractivity contribution >= 4 is 10.0 Å². The van der Waals surface area contributed by atoms with Gasteiger partial charge in [0, 0.05) is 13.1 Å².